The van der Waals surface area contributed by atoms with Crippen LogP contribution in [0.25, 0.3) is 0 Å². The molecule has 0 aromatic heterocycles. The molecule has 1 aliphatic rings. The minimum absolute atomic E-state index is 0.694. The van der Waals surface area contributed by atoms with Gasteiger partial charge in [0.25, 0.3) is 0 Å². The Morgan fingerprint density at radius 1 is 1.38 bits per heavy atom. The lowest BCUT2D eigenvalue weighted by molar-refractivity contribution is 0.111. The van der Waals surface area contributed by atoms with Gasteiger partial charge in [-0.05, 0) is 19.3 Å². The van der Waals surface area contributed by atoms with Gasteiger partial charge in [0, 0.05) is 13.2 Å². The highest BCUT2D eigenvalue weighted by Crippen LogP contribution is 1.99. The molecule has 47 valence electrons. The molecule has 1 fully saturated rings. The van der Waals surface area contributed by atoms with Gasteiger partial charge in [0.1, 0.15) is 0 Å². The lowest BCUT2D eigenvalue weighted by atomic mass is 10.2. The molecule has 1 heterocycles. The molecule has 0 aromatic rings. The summed E-state index contributed by atoms with van der Waals surface area (Å²) in [5.41, 5.74) is 0. The second-order valence-corrected chi connectivity index (χ2v) is 1.96. The Hall–Kier alpha value is -0.0800. The third-order valence-electron chi connectivity index (χ3n) is 1.22. The van der Waals surface area contributed by atoms with Gasteiger partial charge >= 0.3 is 0 Å². The number of hydrogen-bond acceptors (Lipinski definition) is 2. The summed E-state index contributed by atoms with van der Waals surface area (Å²) in [5.74, 6) is 0. The average Bonchev–Trinajstić information content (AvgIpc) is 1.62. The Morgan fingerprint density at radius 3 is 3.38 bits per heavy atom. The summed E-state index contributed by atoms with van der Waals surface area (Å²) >= 11 is 0. The molecule has 2 nitrogen and oxygen atoms in total. The van der Waals surface area contributed by atoms with Gasteiger partial charge in [0.2, 0.25) is 0 Å². The van der Waals surface area contributed by atoms with Gasteiger partial charge in [0.15, 0.2) is 0 Å². The van der Waals surface area contributed by atoms with E-state index in [1.54, 1.807) is 0 Å². The Morgan fingerprint density at radius 2 is 2.38 bits per heavy atom. The fourth-order valence-electron chi connectivity index (χ4n) is 0.743. The van der Waals surface area contributed by atoms with Crippen molar-refractivity contribution in [3.8, 4) is 0 Å². The van der Waals surface area contributed by atoms with Gasteiger partial charge in [-0.2, -0.15) is 0 Å². The fourth-order valence-corrected chi connectivity index (χ4v) is 0.743. The van der Waals surface area contributed by atoms with Crippen molar-refractivity contribution >= 4 is 0 Å². The molecule has 0 amide bonds. The van der Waals surface area contributed by atoms with E-state index in [2.05, 4.69) is 11.9 Å². The van der Waals surface area contributed by atoms with Crippen LogP contribution in [0.1, 0.15) is 19.3 Å². The quantitative estimate of drug-likeness (QED) is 0.505. The topological polar surface area (TPSA) is 21.3 Å². The van der Waals surface area contributed by atoms with E-state index in [9.17, 15) is 0 Å². The normalized spacial score (nSPS) is 24.0. The van der Waals surface area contributed by atoms with Crippen LogP contribution in [0.5, 0.6) is 0 Å². The first-order chi connectivity index (χ1) is 4.00. The molecular weight excluding hydrogens is 102 g/mol. The number of nitrogens with one attached hydrogen (secondary N) is 1. The van der Waals surface area contributed by atoms with E-state index in [1.165, 1.54) is 19.3 Å². The lowest BCUT2D eigenvalue weighted by Crippen LogP contribution is -2.17. The van der Waals surface area contributed by atoms with E-state index < -0.39 is 0 Å². The summed E-state index contributed by atoms with van der Waals surface area (Å²) in [6.07, 6.45) is 3.65. The molecule has 0 aromatic carbocycles. The number of hydrogen-bond donors (Lipinski definition) is 1. The molecule has 0 bridgehead atoms. The van der Waals surface area contributed by atoms with Crippen LogP contribution in [-0.2, 0) is 4.74 Å². The zero-order valence-corrected chi connectivity index (χ0v) is 5.02. The van der Waals surface area contributed by atoms with Crippen LogP contribution in [0, 0.1) is 6.54 Å². The molecule has 0 atom stereocenters. The zero-order valence-electron chi connectivity index (χ0n) is 5.02. The van der Waals surface area contributed by atoms with E-state index in [0.29, 0.717) is 6.73 Å². The molecule has 1 saturated heterocycles. The molecule has 0 spiro atoms. The maximum atomic E-state index is 5.13. The van der Waals surface area contributed by atoms with E-state index >= 15 is 0 Å². The second kappa shape index (κ2) is 3.87. The highest BCUT2D eigenvalue weighted by Gasteiger charge is 1.94. The Balaban J connectivity index is 2.00. The Kier molecular flexibility index (Phi) is 2.92. The zero-order chi connectivity index (χ0) is 5.66. The van der Waals surface area contributed by atoms with Gasteiger partial charge in [-0.3, -0.25) is 5.32 Å². The molecule has 0 saturated carbocycles. The summed E-state index contributed by atoms with van der Waals surface area (Å²) in [5, 5.41) is 3.04. The SMILES string of the molecule is [CH]1CCCCOCN1. The maximum absolute atomic E-state index is 5.13. The average molecular weight is 114 g/mol. The summed E-state index contributed by atoms with van der Waals surface area (Å²) in [7, 11) is 0. The lowest BCUT2D eigenvalue weighted by Gasteiger charge is -2.09. The molecule has 0 aliphatic carbocycles. The number of ether oxygens (including phenoxy) is 1. The molecule has 0 unspecified atom stereocenters. The summed E-state index contributed by atoms with van der Waals surface area (Å²) < 4.78 is 5.13. The van der Waals surface area contributed by atoms with Crippen molar-refractivity contribution in [3.05, 3.63) is 6.54 Å². The van der Waals surface area contributed by atoms with Gasteiger partial charge in [-0.1, -0.05) is 0 Å². The first-order valence-corrected chi connectivity index (χ1v) is 3.13. The van der Waals surface area contributed by atoms with Crippen molar-refractivity contribution in [1.82, 2.24) is 5.32 Å². The van der Waals surface area contributed by atoms with E-state index in [1.807, 2.05) is 0 Å². The molecule has 1 N–H and O–H groups in total. The fraction of sp³-hybridized carbons (Fsp3) is 0.833. The standard InChI is InChI=1S/C6H12NO/c1-2-4-7-6-8-5-3-1/h4,7H,1-3,5-6H2. The highest BCUT2D eigenvalue weighted by atomic mass is 16.5. The van der Waals surface area contributed by atoms with Crippen molar-refractivity contribution in [2.45, 2.75) is 19.3 Å². The minimum Gasteiger partial charge on any atom is -0.366 e. The van der Waals surface area contributed by atoms with Crippen LogP contribution in [0.15, 0.2) is 0 Å². The van der Waals surface area contributed by atoms with Crippen LogP contribution in [0.3, 0.4) is 0 Å². The Bertz CT molecular complexity index is 32.5. The van der Waals surface area contributed by atoms with Crippen LogP contribution in [-0.4, -0.2) is 13.3 Å². The van der Waals surface area contributed by atoms with E-state index in [-0.39, 0.29) is 0 Å². The van der Waals surface area contributed by atoms with Gasteiger partial charge in [0.05, 0.1) is 6.73 Å². The third-order valence-corrected chi connectivity index (χ3v) is 1.22. The van der Waals surface area contributed by atoms with Crippen LogP contribution in [0.2, 0.25) is 0 Å². The number of rotatable bonds is 0. The monoisotopic (exact) mass is 114 g/mol. The van der Waals surface area contributed by atoms with Gasteiger partial charge < -0.3 is 4.74 Å². The summed E-state index contributed by atoms with van der Waals surface area (Å²) in [4.78, 5) is 0. The summed E-state index contributed by atoms with van der Waals surface area (Å²) in [6, 6.07) is 0. The first-order valence-electron chi connectivity index (χ1n) is 3.13. The van der Waals surface area contributed by atoms with Crippen LogP contribution >= 0.6 is 0 Å². The minimum atomic E-state index is 0.694. The van der Waals surface area contributed by atoms with Crippen molar-refractivity contribution in [2.75, 3.05) is 13.3 Å². The highest BCUT2D eigenvalue weighted by molar-refractivity contribution is 4.60. The van der Waals surface area contributed by atoms with Crippen molar-refractivity contribution in [2.24, 2.45) is 0 Å². The van der Waals surface area contributed by atoms with Crippen molar-refractivity contribution < 1.29 is 4.74 Å². The second-order valence-electron chi connectivity index (χ2n) is 1.96. The molecular formula is C6H12NO. The molecule has 1 aliphatic heterocycles. The van der Waals surface area contributed by atoms with Crippen molar-refractivity contribution in [1.29, 1.82) is 0 Å². The van der Waals surface area contributed by atoms with E-state index in [0.717, 1.165) is 6.61 Å². The van der Waals surface area contributed by atoms with Gasteiger partial charge in [-0.15, -0.1) is 0 Å². The smallest absolute Gasteiger partial charge is 0.0967 e. The predicted molar refractivity (Wildman–Crippen MR) is 32.1 cm³/mol. The molecule has 8 heavy (non-hydrogen) atoms. The van der Waals surface area contributed by atoms with Crippen LogP contribution < -0.4 is 5.32 Å². The van der Waals surface area contributed by atoms with Crippen LogP contribution in [0.4, 0.5) is 0 Å². The van der Waals surface area contributed by atoms with Gasteiger partial charge in [-0.25, -0.2) is 0 Å². The molecule has 1 rings (SSSR count). The van der Waals surface area contributed by atoms with Crippen molar-refractivity contribution in [3.63, 3.8) is 0 Å². The molecule has 1 radical (unpaired) electrons. The summed E-state index contributed by atoms with van der Waals surface area (Å²) in [6.45, 7) is 3.68. The third kappa shape index (κ3) is 2.28. The maximum Gasteiger partial charge on any atom is 0.0967 e. The van der Waals surface area contributed by atoms with E-state index in [4.69, 9.17) is 4.74 Å². The first kappa shape index (κ1) is 6.05. The predicted octanol–water partition coefficient (Wildman–Crippen LogP) is 0.896. The largest absolute Gasteiger partial charge is 0.366 e. The Labute approximate surface area is 50.2 Å². The molecule has 2 heteroatoms.